The highest BCUT2D eigenvalue weighted by atomic mass is 15.2. The minimum Gasteiger partial charge on any atom is -0.336 e. The number of likely N-dealkylation sites (tertiary alicyclic amines) is 1. The summed E-state index contributed by atoms with van der Waals surface area (Å²) >= 11 is 0. The van der Waals surface area contributed by atoms with Crippen molar-refractivity contribution in [3.63, 3.8) is 0 Å². The number of aromatic nitrogens is 9. The number of aryl methyl sites for hydroxylation is 1. The van der Waals surface area contributed by atoms with E-state index in [0.717, 1.165) is 70.0 Å². The second-order valence-electron chi connectivity index (χ2n) is 9.29. The summed E-state index contributed by atoms with van der Waals surface area (Å²) in [5, 5.41) is 8.60. The number of aromatic amines is 2. The standard InChI is InChI=1S/C26H24N10/c1-16-13-36(15-30-16)26-24-20(4-5-28-26)31-25(32-24)23-19-9-21(29-12-22(19)33-34-23)18-8-17(10-27-11-18)14-35-6-2-3-7-35/h4-5,8-13,15H,2-3,6-7,14H2,1H3,(H,31,32)(H,33,34). The minimum atomic E-state index is 0.667. The van der Waals surface area contributed by atoms with Gasteiger partial charge < -0.3 is 4.98 Å². The Hall–Kier alpha value is -4.44. The van der Waals surface area contributed by atoms with Crippen molar-refractivity contribution in [3.05, 3.63) is 66.8 Å². The zero-order valence-electron chi connectivity index (χ0n) is 19.8. The Balaban J connectivity index is 1.28. The van der Waals surface area contributed by atoms with Gasteiger partial charge >= 0.3 is 0 Å². The van der Waals surface area contributed by atoms with E-state index in [1.54, 1.807) is 12.5 Å². The van der Waals surface area contributed by atoms with E-state index in [1.807, 2.05) is 42.3 Å². The Bertz CT molecular complexity index is 1700. The topological polar surface area (TPSA) is 117 Å². The summed E-state index contributed by atoms with van der Waals surface area (Å²) in [6.07, 6.45) is 13.6. The van der Waals surface area contributed by atoms with Crippen molar-refractivity contribution < 1.29 is 0 Å². The highest BCUT2D eigenvalue weighted by Gasteiger charge is 2.17. The van der Waals surface area contributed by atoms with Gasteiger partial charge in [-0.1, -0.05) is 0 Å². The molecule has 2 N–H and O–H groups in total. The van der Waals surface area contributed by atoms with Crippen LogP contribution in [0.3, 0.4) is 0 Å². The minimum absolute atomic E-state index is 0.667. The van der Waals surface area contributed by atoms with E-state index in [4.69, 9.17) is 4.98 Å². The predicted octanol–water partition coefficient (Wildman–Crippen LogP) is 4.05. The number of H-pyrrole nitrogens is 2. The van der Waals surface area contributed by atoms with Crippen molar-refractivity contribution >= 4 is 21.9 Å². The monoisotopic (exact) mass is 476 g/mol. The second kappa shape index (κ2) is 8.35. The van der Waals surface area contributed by atoms with Crippen LogP contribution in [-0.2, 0) is 6.54 Å². The Morgan fingerprint density at radius 3 is 2.78 bits per heavy atom. The Morgan fingerprint density at radius 1 is 1.00 bits per heavy atom. The van der Waals surface area contributed by atoms with Crippen LogP contribution in [0.25, 0.3) is 50.5 Å². The molecular weight excluding hydrogens is 452 g/mol. The fourth-order valence-corrected chi connectivity index (χ4v) is 4.93. The molecule has 7 rings (SSSR count). The predicted molar refractivity (Wildman–Crippen MR) is 136 cm³/mol. The van der Waals surface area contributed by atoms with Crippen LogP contribution in [0.15, 0.2) is 55.5 Å². The second-order valence-corrected chi connectivity index (χ2v) is 9.29. The maximum Gasteiger partial charge on any atom is 0.166 e. The molecule has 0 aliphatic carbocycles. The SMILES string of the molecule is Cc1cn(-c2nccc3[nH]c(-c4n[nH]c5cnc(-c6cncc(CN7CCCC7)c6)cc45)nc23)cn1. The first-order chi connectivity index (χ1) is 17.7. The molecule has 0 spiro atoms. The number of pyridine rings is 3. The number of imidazole rings is 2. The molecule has 6 aromatic heterocycles. The average molecular weight is 477 g/mol. The third-order valence-electron chi connectivity index (χ3n) is 6.70. The first-order valence-electron chi connectivity index (χ1n) is 12.1. The molecule has 0 aromatic carbocycles. The van der Waals surface area contributed by atoms with Gasteiger partial charge in [-0.15, -0.1) is 0 Å². The van der Waals surface area contributed by atoms with E-state index in [1.165, 1.54) is 18.4 Å². The molecule has 178 valence electrons. The molecule has 10 heteroatoms. The molecular formula is C26H24N10. The summed E-state index contributed by atoms with van der Waals surface area (Å²) in [6, 6.07) is 6.15. The lowest BCUT2D eigenvalue weighted by Crippen LogP contribution is -2.18. The lowest BCUT2D eigenvalue weighted by Gasteiger charge is -2.14. The largest absolute Gasteiger partial charge is 0.336 e. The molecule has 0 atom stereocenters. The molecule has 0 saturated carbocycles. The third kappa shape index (κ3) is 3.62. The number of fused-ring (bicyclic) bond motifs is 2. The van der Waals surface area contributed by atoms with Crippen molar-refractivity contribution in [2.45, 2.75) is 26.3 Å². The smallest absolute Gasteiger partial charge is 0.166 e. The number of nitrogens with one attached hydrogen (secondary N) is 2. The van der Waals surface area contributed by atoms with Crippen LogP contribution in [0, 0.1) is 6.92 Å². The Labute approximate surface area is 206 Å². The summed E-state index contributed by atoms with van der Waals surface area (Å²) < 4.78 is 1.88. The summed E-state index contributed by atoms with van der Waals surface area (Å²) in [6.45, 7) is 5.18. The van der Waals surface area contributed by atoms with E-state index in [0.29, 0.717) is 5.82 Å². The van der Waals surface area contributed by atoms with Gasteiger partial charge in [-0.05, 0) is 56.6 Å². The third-order valence-corrected chi connectivity index (χ3v) is 6.70. The molecule has 1 aliphatic rings. The van der Waals surface area contributed by atoms with Gasteiger partial charge in [0.2, 0.25) is 0 Å². The number of rotatable bonds is 5. The van der Waals surface area contributed by atoms with Crippen LogP contribution in [0.1, 0.15) is 24.1 Å². The van der Waals surface area contributed by atoms with Crippen molar-refractivity contribution in [1.82, 2.24) is 49.6 Å². The van der Waals surface area contributed by atoms with Crippen LogP contribution in [0.5, 0.6) is 0 Å². The quantitative estimate of drug-likeness (QED) is 0.385. The summed E-state index contributed by atoms with van der Waals surface area (Å²) in [5.74, 6) is 1.39. The van der Waals surface area contributed by atoms with Crippen LogP contribution < -0.4 is 0 Å². The first-order valence-corrected chi connectivity index (χ1v) is 12.1. The maximum atomic E-state index is 4.88. The summed E-state index contributed by atoms with van der Waals surface area (Å²) in [5.41, 5.74) is 7.19. The van der Waals surface area contributed by atoms with Gasteiger partial charge in [-0.2, -0.15) is 5.10 Å². The van der Waals surface area contributed by atoms with E-state index in [2.05, 4.69) is 52.1 Å². The highest BCUT2D eigenvalue weighted by molar-refractivity contribution is 5.95. The first kappa shape index (κ1) is 20.9. The molecule has 10 nitrogen and oxygen atoms in total. The van der Waals surface area contributed by atoms with Crippen molar-refractivity contribution in [3.8, 4) is 28.6 Å². The summed E-state index contributed by atoms with van der Waals surface area (Å²) in [4.78, 5) is 28.8. The van der Waals surface area contributed by atoms with Crippen molar-refractivity contribution in [2.24, 2.45) is 0 Å². The molecule has 0 radical (unpaired) electrons. The number of hydrogen-bond donors (Lipinski definition) is 2. The molecule has 6 aromatic rings. The van der Waals surface area contributed by atoms with Crippen molar-refractivity contribution in [1.29, 1.82) is 0 Å². The number of nitrogens with zero attached hydrogens (tertiary/aromatic N) is 8. The van der Waals surface area contributed by atoms with Crippen molar-refractivity contribution in [2.75, 3.05) is 13.1 Å². The molecule has 7 heterocycles. The molecule has 1 fully saturated rings. The lowest BCUT2D eigenvalue weighted by atomic mass is 10.1. The zero-order chi connectivity index (χ0) is 24.1. The molecule has 1 saturated heterocycles. The van der Waals surface area contributed by atoms with E-state index >= 15 is 0 Å². The Morgan fingerprint density at radius 2 is 1.92 bits per heavy atom. The molecule has 0 amide bonds. The van der Waals surface area contributed by atoms with E-state index < -0.39 is 0 Å². The lowest BCUT2D eigenvalue weighted by molar-refractivity contribution is 0.331. The van der Waals surface area contributed by atoms with Crippen LogP contribution in [0.4, 0.5) is 0 Å². The van der Waals surface area contributed by atoms with Gasteiger partial charge in [0.15, 0.2) is 11.6 Å². The summed E-state index contributed by atoms with van der Waals surface area (Å²) in [7, 11) is 0. The molecule has 36 heavy (non-hydrogen) atoms. The maximum absolute atomic E-state index is 4.88. The van der Waals surface area contributed by atoms with Crippen LogP contribution >= 0.6 is 0 Å². The van der Waals surface area contributed by atoms with Gasteiger partial charge in [-0.3, -0.25) is 24.5 Å². The highest BCUT2D eigenvalue weighted by Crippen LogP contribution is 2.30. The number of hydrogen-bond acceptors (Lipinski definition) is 7. The van der Waals surface area contributed by atoms with Gasteiger partial charge in [0, 0.05) is 42.3 Å². The van der Waals surface area contributed by atoms with E-state index in [-0.39, 0.29) is 0 Å². The average Bonchev–Trinajstić information content (AvgIpc) is 3.70. The van der Waals surface area contributed by atoms with Gasteiger partial charge in [0.1, 0.15) is 17.5 Å². The zero-order valence-corrected chi connectivity index (χ0v) is 19.8. The molecule has 1 aliphatic heterocycles. The fourth-order valence-electron chi connectivity index (χ4n) is 4.93. The Kier molecular flexibility index (Phi) is 4.84. The molecule has 0 bridgehead atoms. The van der Waals surface area contributed by atoms with Gasteiger partial charge in [0.25, 0.3) is 0 Å². The van der Waals surface area contributed by atoms with Gasteiger partial charge in [-0.25, -0.2) is 15.0 Å². The van der Waals surface area contributed by atoms with E-state index in [9.17, 15) is 0 Å². The normalized spacial score (nSPS) is 14.4. The van der Waals surface area contributed by atoms with Crippen LogP contribution in [-0.4, -0.2) is 62.7 Å². The fraction of sp³-hybridized carbons (Fsp3) is 0.231. The molecule has 0 unspecified atom stereocenters. The van der Waals surface area contributed by atoms with Gasteiger partial charge in [0.05, 0.1) is 28.6 Å². The van der Waals surface area contributed by atoms with Crippen LogP contribution in [0.2, 0.25) is 0 Å².